The number of hydrogen-bond donors (Lipinski definition) is 3. The third-order valence-corrected chi connectivity index (χ3v) is 4.96. The van der Waals surface area contributed by atoms with Gasteiger partial charge in [0.05, 0.1) is 6.33 Å². The molecule has 26 heavy (non-hydrogen) atoms. The number of rotatable bonds is 8. The Labute approximate surface area is 162 Å². The van der Waals surface area contributed by atoms with Gasteiger partial charge >= 0.3 is 0 Å². The van der Waals surface area contributed by atoms with Crippen LogP contribution in [0.3, 0.4) is 0 Å². The molecule has 1 aliphatic heterocycles. The lowest BCUT2D eigenvalue weighted by Gasteiger charge is -2.12. The Balaban J connectivity index is 0.000000195. The van der Waals surface area contributed by atoms with Crippen molar-refractivity contribution in [2.24, 2.45) is 17.2 Å². The average Bonchev–Trinajstić information content (AvgIpc) is 3.43. The normalized spacial score (nSPS) is 13.7. The van der Waals surface area contributed by atoms with Crippen LogP contribution in [0.15, 0.2) is 36.2 Å². The summed E-state index contributed by atoms with van der Waals surface area (Å²) < 4.78 is 2.02. The molecule has 0 amide bonds. The van der Waals surface area contributed by atoms with Crippen LogP contribution >= 0.6 is 11.3 Å². The summed E-state index contributed by atoms with van der Waals surface area (Å²) in [7, 11) is 0. The van der Waals surface area contributed by atoms with Gasteiger partial charge in [0.25, 0.3) is 0 Å². The van der Waals surface area contributed by atoms with E-state index in [4.69, 9.17) is 17.2 Å². The summed E-state index contributed by atoms with van der Waals surface area (Å²) in [5, 5.41) is 2.07. The van der Waals surface area contributed by atoms with Gasteiger partial charge in [-0.1, -0.05) is 6.07 Å². The van der Waals surface area contributed by atoms with Crippen molar-refractivity contribution in [2.45, 2.75) is 38.6 Å². The van der Waals surface area contributed by atoms with Gasteiger partial charge in [-0.15, -0.1) is 11.3 Å². The first kappa shape index (κ1) is 22.8. The minimum atomic E-state index is 0.748. The van der Waals surface area contributed by atoms with Crippen molar-refractivity contribution in [2.75, 3.05) is 39.3 Å². The first-order valence-electron chi connectivity index (χ1n) is 9.60. The Morgan fingerprint density at radius 2 is 1.73 bits per heavy atom. The second-order valence-electron chi connectivity index (χ2n) is 6.25. The maximum absolute atomic E-state index is 5.38. The van der Waals surface area contributed by atoms with Crippen molar-refractivity contribution < 1.29 is 0 Å². The summed E-state index contributed by atoms with van der Waals surface area (Å²) in [6, 6.07) is 4.16. The zero-order valence-corrected chi connectivity index (χ0v) is 16.7. The Kier molecular flexibility index (Phi) is 14.0. The predicted molar refractivity (Wildman–Crippen MR) is 112 cm³/mol. The van der Waals surface area contributed by atoms with Gasteiger partial charge in [0, 0.05) is 23.8 Å². The number of nitrogens with zero attached hydrogens (tertiary/aromatic N) is 3. The van der Waals surface area contributed by atoms with Gasteiger partial charge in [-0.05, 0) is 82.8 Å². The summed E-state index contributed by atoms with van der Waals surface area (Å²) in [6.45, 7) is 7.17. The molecule has 6 nitrogen and oxygen atoms in total. The monoisotopic (exact) mass is 380 g/mol. The molecule has 0 aromatic carbocycles. The molecule has 0 aliphatic carbocycles. The predicted octanol–water partition coefficient (Wildman–Crippen LogP) is 1.91. The molecule has 7 heteroatoms. The van der Waals surface area contributed by atoms with E-state index in [0.717, 1.165) is 39.0 Å². The fourth-order valence-electron chi connectivity index (χ4n) is 2.61. The molecule has 2 aromatic heterocycles. The topological polar surface area (TPSA) is 99.1 Å². The molecular weight excluding hydrogens is 344 g/mol. The number of nitrogens with two attached hydrogens (primary N) is 3. The molecule has 148 valence electrons. The summed E-state index contributed by atoms with van der Waals surface area (Å²) in [4.78, 5) is 7.77. The van der Waals surface area contributed by atoms with Crippen LogP contribution in [0.1, 0.15) is 30.6 Å². The summed E-state index contributed by atoms with van der Waals surface area (Å²) >= 11 is 1.77. The molecule has 2 aromatic rings. The highest BCUT2D eigenvalue weighted by Crippen LogP contribution is 2.07. The van der Waals surface area contributed by atoms with E-state index in [1.165, 1.54) is 43.8 Å². The first-order valence-corrected chi connectivity index (χ1v) is 10.5. The van der Waals surface area contributed by atoms with Crippen LogP contribution in [0.25, 0.3) is 0 Å². The molecule has 0 spiro atoms. The Hall–Kier alpha value is -1.25. The van der Waals surface area contributed by atoms with E-state index in [1.54, 1.807) is 23.9 Å². The Morgan fingerprint density at radius 3 is 2.27 bits per heavy atom. The van der Waals surface area contributed by atoms with Crippen LogP contribution in [0, 0.1) is 0 Å². The van der Waals surface area contributed by atoms with Crippen molar-refractivity contribution in [1.29, 1.82) is 0 Å². The van der Waals surface area contributed by atoms with Gasteiger partial charge in [-0.25, -0.2) is 4.98 Å². The molecule has 0 bridgehead atoms. The average molecular weight is 381 g/mol. The Morgan fingerprint density at radius 1 is 1.00 bits per heavy atom. The number of imidazole rings is 1. The quantitative estimate of drug-likeness (QED) is 0.650. The molecule has 1 fully saturated rings. The fraction of sp³-hybridized carbons (Fsp3) is 0.632. The number of hydrogen-bond acceptors (Lipinski definition) is 6. The van der Waals surface area contributed by atoms with Gasteiger partial charge in [0.2, 0.25) is 0 Å². The highest BCUT2D eigenvalue weighted by atomic mass is 32.1. The molecule has 0 saturated carbocycles. The largest absolute Gasteiger partial charge is 0.337 e. The lowest BCUT2D eigenvalue weighted by molar-refractivity contribution is 0.336. The standard InChI is InChI=1S/C7H16N2.C6H11N3.C6H9NS/c8-4-3-7-9-5-1-2-6-9;7-2-1-4-9-5-3-8-6-9;7-4-3-6-2-1-5-8-6/h1-8H2;3,5-6H,1-2,4,7H2;1-2,5H,3-4,7H2. The first-order chi connectivity index (χ1) is 12.8. The second-order valence-corrected chi connectivity index (χ2v) is 7.28. The lowest BCUT2D eigenvalue weighted by atomic mass is 10.3. The lowest BCUT2D eigenvalue weighted by Crippen LogP contribution is -2.22. The molecule has 6 N–H and O–H groups in total. The minimum absolute atomic E-state index is 0.748. The van der Waals surface area contributed by atoms with Crippen molar-refractivity contribution in [1.82, 2.24) is 14.5 Å². The smallest absolute Gasteiger partial charge is 0.0945 e. The van der Waals surface area contributed by atoms with Crippen LogP contribution in [0.2, 0.25) is 0 Å². The van der Waals surface area contributed by atoms with Gasteiger partial charge < -0.3 is 26.7 Å². The van der Waals surface area contributed by atoms with Crippen molar-refractivity contribution in [3.63, 3.8) is 0 Å². The minimum Gasteiger partial charge on any atom is -0.337 e. The van der Waals surface area contributed by atoms with Crippen LogP contribution in [0.4, 0.5) is 0 Å². The van der Waals surface area contributed by atoms with Crippen LogP contribution in [-0.4, -0.2) is 53.7 Å². The highest BCUT2D eigenvalue weighted by molar-refractivity contribution is 7.09. The van der Waals surface area contributed by atoms with Gasteiger partial charge in [-0.3, -0.25) is 0 Å². The van der Waals surface area contributed by atoms with E-state index in [0.29, 0.717) is 0 Å². The number of aromatic nitrogens is 2. The van der Waals surface area contributed by atoms with Crippen LogP contribution in [-0.2, 0) is 13.0 Å². The van der Waals surface area contributed by atoms with E-state index in [1.807, 2.05) is 10.8 Å². The Bertz CT molecular complexity index is 494. The van der Waals surface area contributed by atoms with Crippen LogP contribution < -0.4 is 17.2 Å². The highest BCUT2D eigenvalue weighted by Gasteiger charge is 2.09. The van der Waals surface area contributed by atoms with E-state index in [9.17, 15) is 0 Å². The molecule has 0 unspecified atom stereocenters. The third kappa shape index (κ3) is 11.4. The summed E-state index contributed by atoms with van der Waals surface area (Å²) in [6.07, 6.45) is 11.5. The van der Waals surface area contributed by atoms with E-state index in [-0.39, 0.29) is 0 Å². The number of aryl methyl sites for hydroxylation is 1. The number of thiophene rings is 1. The fourth-order valence-corrected chi connectivity index (χ4v) is 3.34. The van der Waals surface area contributed by atoms with E-state index in [2.05, 4.69) is 27.4 Å². The SMILES string of the molecule is NCCCN1CCCC1.NCCCn1ccnc1.NCCc1cccs1. The van der Waals surface area contributed by atoms with E-state index < -0.39 is 0 Å². The zero-order chi connectivity index (χ0) is 18.9. The summed E-state index contributed by atoms with van der Waals surface area (Å²) in [5.41, 5.74) is 16.0. The van der Waals surface area contributed by atoms with Crippen molar-refractivity contribution in [3.05, 3.63) is 41.1 Å². The van der Waals surface area contributed by atoms with E-state index >= 15 is 0 Å². The van der Waals surface area contributed by atoms with Crippen molar-refractivity contribution >= 4 is 11.3 Å². The maximum atomic E-state index is 5.38. The summed E-state index contributed by atoms with van der Waals surface area (Å²) in [5.74, 6) is 0. The molecule has 0 radical (unpaired) electrons. The third-order valence-electron chi connectivity index (χ3n) is 4.03. The zero-order valence-electron chi connectivity index (χ0n) is 15.9. The van der Waals surface area contributed by atoms with Gasteiger partial charge in [-0.2, -0.15) is 0 Å². The molecule has 1 saturated heterocycles. The van der Waals surface area contributed by atoms with Crippen LogP contribution in [0.5, 0.6) is 0 Å². The van der Waals surface area contributed by atoms with Gasteiger partial charge in [0.15, 0.2) is 0 Å². The van der Waals surface area contributed by atoms with Crippen molar-refractivity contribution in [3.8, 4) is 0 Å². The van der Waals surface area contributed by atoms with Gasteiger partial charge in [0.1, 0.15) is 0 Å². The molecule has 0 atom stereocenters. The second kappa shape index (κ2) is 16.0. The maximum Gasteiger partial charge on any atom is 0.0945 e. The molecule has 3 rings (SSSR count). The number of likely N-dealkylation sites (tertiary alicyclic amines) is 1. The molecular formula is C19H36N6S. The molecule has 1 aliphatic rings. The molecule has 3 heterocycles.